The zero-order valence-electron chi connectivity index (χ0n) is 11.6. The highest BCUT2D eigenvalue weighted by Gasteiger charge is 2.19. The molecule has 0 bridgehead atoms. The fourth-order valence-electron chi connectivity index (χ4n) is 1.95. The number of ether oxygens (including phenoxy) is 1. The van der Waals surface area contributed by atoms with Crippen molar-refractivity contribution in [1.29, 1.82) is 0 Å². The minimum Gasteiger partial charge on any atom is -0.481 e. The van der Waals surface area contributed by atoms with Crippen molar-refractivity contribution in [2.45, 2.75) is 19.4 Å². The van der Waals surface area contributed by atoms with E-state index in [1.807, 2.05) is 49.4 Å². The molecule has 3 aromatic rings. The largest absolute Gasteiger partial charge is 0.481 e. The molecule has 106 valence electrons. The van der Waals surface area contributed by atoms with E-state index in [9.17, 15) is 0 Å². The maximum Gasteiger partial charge on any atom is 0.268 e. The van der Waals surface area contributed by atoms with Gasteiger partial charge < -0.3 is 9.26 Å². The van der Waals surface area contributed by atoms with Crippen molar-refractivity contribution in [3.05, 3.63) is 60.7 Å². The lowest BCUT2D eigenvalue weighted by Gasteiger charge is -2.13. The van der Waals surface area contributed by atoms with Crippen LogP contribution in [0.2, 0.25) is 0 Å². The van der Waals surface area contributed by atoms with Crippen LogP contribution < -0.4 is 4.74 Å². The van der Waals surface area contributed by atoms with E-state index in [0.717, 1.165) is 17.7 Å². The molecule has 0 aliphatic heterocycles. The van der Waals surface area contributed by atoms with Gasteiger partial charge in [-0.15, -0.1) is 0 Å². The molecule has 2 aromatic heterocycles. The van der Waals surface area contributed by atoms with Crippen molar-refractivity contribution in [3.63, 3.8) is 0 Å². The van der Waals surface area contributed by atoms with Crippen LogP contribution in [0.3, 0.4) is 0 Å². The first kappa shape index (κ1) is 13.3. The highest BCUT2D eigenvalue weighted by molar-refractivity contribution is 5.51. The summed E-state index contributed by atoms with van der Waals surface area (Å²) in [6.07, 6.45) is 3.89. The monoisotopic (exact) mass is 281 g/mol. The maximum absolute atomic E-state index is 5.89. The molecule has 0 saturated carbocycles. The van der Waals surface area contributed by atoms with Gasteiger partial charge in [-0.2, -0.15) is 4.98 Å². The Balaban J connectivity index is 1.81. The molecule has 0 N–H and O–H groups in total. The molecule has 0 spiro atoms. The van der Waals surface area contributed by atoms with Crippen molar-refractivity contribution in [2.24, 2.45) is 0 Å². The predicted octanol–water partition coefficient (Wildman–Crippen LogP) is 3.66. The molecule has 0 aliphatic carbocycles. The van der Waals surface area contributed by atoms with Crippen LogP contribution in [0.5, 0.6) is 5.75 Å². The minimum atomic E-state index is -0.259. The Hall–Kier alpha value is -2.69. The highest BCUT2D eigenvalue weighted by Crippen LogP contribution is 2.25. The number of pyridine rings is 1. The topological polar surface area (TPSA) is 61.0 Å². The average molecular weight is 281 g/mol. The van der Waals surface area contributed by atoms with Crippen molar-refractivity contribution in [1.82, 2.24) is 15.1 Å². The number of hydrogen-bond acceptors (Lipinski definition) is 5. The van der Waals surface area contributed by atoms with Crippen LogP contribution in [0.15, 0.2) is 59.4 Å². The summed E-state index contributed by atoms with van der Waals surface area (Å²) >= 11 is 0. The summed E-state index contributed by atoms with van der Waals surface area (Å²) in [5.74, 6) is 1.78. The van der Waals surface area contributed by atoms with Gasteiger partial charge in [0.05, 0.1) is 0 Å². The first-order valence-electron chi connectivity index (χ1n) is 6.82. The van der Waals surface area contributed by atoms with Gasteiger partial charge in [-0.05, 0) is 30.7 Å². The molecule has 21 heavy (non-hydrogen) atoms. The number of hydrogen-bond donors (Lipinski definition) is 0. The second kappa shape index (κ2) is 6.17. The van der Waals surface area contributed by atoms with Crippen molar-refractivity contribution >= 4 is 0 Å². The van der Waals surface area contributed by atoms with E-state index in [1.165, 1.54) is 0 Å². The highest BCUT2D eigenvalue weighted by atomic mass is 16.5. The lowest BCUT2D eigenvalue weighted by atomic mass is 10.2. The normalized spacial score (nSPS) is 12.0. The molecule has 5 nitrogen and oxygen atoms in total. The number of nitrogens with zero attached hydrogens (tertiary/aromatic N) is 3. The number of benzene rings is 1. The molecule has 0 saturated heterocycles. The Morgan fingerprint density at radius 1 is 1.14 bits per heavy atom. The predicted molar refractivity (Wildman–Crippen MR) is 77.6 cm³/mol. The van der Waals surface area contributed by atoms with Crippen molar-refractivity contribution in [2.75, 3.05) is 0 Å². The van der Waals surface area contributed by atoms with Gasteiger partial charge in [0.25, 0.3) is 5.89 Å². The summed E-state index contributed by atoms with van der Waals surface area (Å²) in [7, 11) is 0. The molecular weight excluding hydrogens is 266 g/mol. The van der Waals surface area contributed by atoms with Gasteiger partial charge in [-0.3, -0.25) is 4.98 Å². The standard InChI is InChI=1S/C16H15N3O2/c1-2-14(20-13-8-4-3-5-9-13)16-18-15(19-21-16)12-7-6-10-17-11-12/h3-11,14H,2H2,1H3. The third-order valence-corrected chi connectivity index (χ3v) is 3.03. The SMILES string of the molecule is CCC(Oc1ccccc1)c1nc(-c2cccnc2)no1. The third kappa shape index (κ3) is 3.08. The summed E-state index contributed by atoms with van der Waals surface area (Å²) in [5, 5.41) is 3.99. The van der Waals surface area contributed by atoms with E-state index < -0.39 is 0 Å². The van der Waals surface area contributed by atoms with Gasteiger partial charge in [0.2, 0.25) is 5.82 Å². The van der Waals surface area contributed by atoms with E-state index in [4.69, 9.17) is 9.26 Å². The van der Waals surface area contributed by atoms with Gasteiger partial charge in [-0.1, -0.05) is 30.3 Å². The number of para-hydroxylation sites is 1. The molecule has 5 heteroatoms. The van der Waals surface area contributed by atoms with E-state index >= 15 is 0 Å². The Kier molecular flexibility index (Phi) is 3.91. The second-order valence-corrected chi connectivity index (χ2v) is 4.53. The van der Waals surface area contributed by atoms with E-state index in [1.54, 1.807) is 12.4 Å². The zero-order valence-corrected chi connectivity index (χ0v) is 11.6. The van der Waals surface area contributed by atoms with Crippen LogP contribution in [0.1, 0.15) is 25.3 Å². The van der Waals surface area contributed by atoms with E-state index in [-0.39, 0.29) is 6.10 Å². The Morgan fingerprint density at radius 2 is 2.00 bits per heavy atom. The van der Waals surface area contributed by atoms with Gasteiger partial charge in [0.1, 0.15) is 5.75 Å². The molecule has 1 unspecified atom stereocenters. The van der Waals surface area contributed by atoms with Gasteiger partial charge >= 0.3 is 0 Å². The summed E-state index contributed by atoms with van der Waals surface area (Å²) in [5.41, 5.74) is 0.821. The average Bonchev–Trinajstić information content (AvgIpc) is 3.04. The lowest BCUT2D eigenvalue weighted by Crippen LogP contribution is -2.06. The zero-order chi connectivity index (χ0) is 14.5. The van der Waals surface area contributed by atoms with Crippen LogP contribution in [-0.2, 0) is 0 Å². The lowest BCUT2D eigenvalue weighted by molar-refractivity contribution is 0.154. The Morgan fingerprint density at radius 3 is 2.71 bits per heavy atom. The Bertz CT molecular complexity index is 683. The fourth-order valence-corrected chi connectivity index (χ4v) is 1.95. The van der Waals surface area contributed by atoms with Gasteiger partial charge in [0, 0.05) is 18.0 Å². The number of aromatic nitrogens is 3. The van der Waals surface area contributed by atoms with Crippen LogP contribution >= 0.6 is 0 Å². The van der Waals surface area contributed by atoms with Gasteiger partial charge in [-0.25, -0.2) is 0 Å². The molecule has 0 aliphatic rings. The van der Waals surface area contributed by atoms with Crippen LogP contribution in [0.25, 0.3) is 11.4 Å². The summed E-state index contributed by atoms with van der Waals surface area (Å²) in [6.45, 7) is 2.02. The summed E-state index contributed by atoms with van der Waals surface area (Å²) in [6, 6.07) is 13.3. The number of rotatable bonds is 5. The molecule has 3 rings (SSSR count). The quantitative estimate of drug-likeness (QED) is 0.714. The molecule has 1 atom stereocenters. The molecule has 0 radical (unpaired) electrons. The van der Waals surface area contributed by atoms with Crippen LogP contribution in [-0.4, -0.2) is 15.1 Å². The first-order valence-corrected chi connectivity index (χ1v) is 6.82. The smallest absolute Gasteiger partial charge is 0.268 e. The third-order valence-electron chi connectivity index (χ3n) is 3.03. The molecule has 1 aromatic carbocycles. The van der Waals surface area contributed by atoms with E-state index in [0.29, 0.717) is 11.7 Å². The van der Waals surface area contributed by atoms with Crippen LogP contribution in [0, 0.1) is 0 Å². The second-order valence-electron chi connectivity index (χ2n) is 4.53. The van der Waals surface area contributed by atoms with Crippen LogP contribution in [0.4, 0.5) is 0 Å². The summed E-state index contributed by atoms with van der Waals surface area (Å²) < 4.78 is 11.2. The first-order chi connectivity index (χ1) is 10.4. The minimum absolute atomic E-state index is 0.259. The molecule has 0 amide bonds. The molecular formula is C16H15N3O2. The van der Waals surface area contributed by atoms with E-state index in [2.05, 4.69) is 15.1 Å². The van der Waals surface area contributed by atoms with Crippen molar-refractivity contribution < 1.29 is 9.26 Å². The van der Waals surface area contributed by atoms with Crippen molar-refractivity contribution in [3.8, 4) is 17.1 Å². The van der Waals surface area contributed by atoms with Gasteiger partial charge in [0.15, 0.2) is 6.10 Å². The Labute approximate surface area is 122 Å². The summed E-state index contributed by atoms with van der Waals surface area (Å²) in [4.78, 5) is 8.46. The fraction of sp³-hybridized carbons (Fsp3) is 0.188. The molecule has 0 fully saturated rings. The maximum atomic E-state index is 5.89. The molecule has 2 heterocycles.